The van der Waals surface area contributed by atoms with E-state index in [1.807, 2.05) is 53.1 Å². The fourth-order valence-corrected chi connectivity index (χ4v) is 5.06. The second-order valence-electron chi connectivity index (χ2n) is 7.22. The van der Waals surface area contributed by atoms with Gasteiger partial charge in [-0.3, -0.25) is 4.90 Å². The molecular weight excluding hydrogens is 404 g/mol. The van der Waals surface area contributed by atoms with Crippen molar-refractivity contribution in [3.8, 4) is 10.4 Å². The monoisotopic (exact) mass is 424 g/mol. The third kappa shape index (κ3) is 3.73. The van der Waals surface area contributed by atoms with Crippen LogP contribution in [0.2, 0.25) is 5.02 Å². The van der Waals surface area contributed by atoms with Crippen molar-refractivity contribution < 1.29 is 0 Å². The first-order valence-corrected chi connectivity index (χ1v) is 10.9. The topological polar surface area (TPSA) is 49.6 Å². The molecular formula is C21H21ClN6S. The number of benzene rings is 1. The molecule has 1 fully saturated rings. The third-order valence-corrected chi connectivity index (χ3v) is 6.71. The Hall–Kier alpha value is -2.48. The number of hydrogen-bond donors (Lipinski definition) is 0. The standard InChI is InChI=1S/C21H21ClN6S/c1-15-23-24-20-8-9-21(25-28(15)20)27-12-10-26(11-13-27)14-16-6-7-19(29-16)17-4-2-3-5-18(17)22/h2-9H,10-14H2,1H3. The summed E-state index contributed by atoms with van der Waals surface area (Å²) in [5, 5.41) is 13.7. The minimum Gasteiger partial charge on any atom is -0.353 e. The van der Waals surface area contributed by atoms with Crippen LogP contribution >= 0.6 is 22.9 Å². The predicted octanol–water partition coefficient (Wildman–Crippen LogP) is 4.14. The van der Waals surface area contributed by atoms with Gasteiger partial charge in [0, 0.05) is 53.1 Å². The summed E-state index contributed by atoms with van der Waals surface area (Å²) in [5.41, 5.74) is 1.90. The molecule has 1 aliphatic heterocycles. The lowest BCUT2D eigenvalue weighted by molar-refractivity contribution is 0.251. The van der Waals surface area contributed by atoms with E-state index in [0.29, 0.717) is 0 Å². The Kier molecular flexibility index (Phi) is 4.95. The van der Waals surface area contributed by atoms with Crippen molar-refractivity contribution in [3.05, 3.63) is 64.3 Å². The molecule has 0 radical (unpaired) electrons. The normalized spacial score (nSPS) is 15.3. The number of hydrogen-bond acceptors (Lipinski definition) is 6. The molecule has 29 heavy (non-hydrogen) atoms. The second kappa shape index (κ2) is 7.74. The Morgan fingerprint density at radius 1 is 0.966 bits per heavy atom. The van der Waals surface area contributed by atoms with Crippen LogP contribution in [0.4, 0.5) is 5.82 Å². The molecule has 0 unspecified atom stereocenters. The van der Waals surface area contributed by atoms with Crippen molar-refractivity contribution in [1.82, 2.24) is 24.7 Å². The lowest BCUT2D eigenvalue weighted by Gasteiger charge is -2.35. The van der Waals surface area contributed by atoms with Crippen LogP contribution in [0.3, 0.4) is 0 Å². The van der Waals surface area contributed by atoms with Crippen LogP contribution in [-0.2, 0) is 6.54 Å². The lowest BCUT2D eigenvalue weighted by atomic mass is 10.2. The zero-order valence-electron chi connectivity index (χ0n) is 16.1. The van der Waals surface area contributed by atoms with Crippen molar-refractivity contribution in [1.29, 1.82) is 0 Å². The number of rotatable bonds is 4. The smallest absolute Gasteiger partial charge is 0.178 e. The largest absolute Gasteiger partial charge is 0.353 e. The summed E-state index contributed by atoms with van der Waals surface area (Å²) in [6.45, 7) is 6.85. The van der Waals surface area contributed by atoms with Gasteiger partial charge < -0.3 is 4.90 Å². The fourth-order valence-electron chi connectivity index (χ4n) is 3.68. The Balaban J connectivity index is 1.23. The van der Waals surface area contributed by atoms with E-state index in [0.717, 1.165) is 60.6 Å². The number of nitrogens with zero attached hydrogens (tertiary/aromatic N) is 6. The molecule has 0 saturated carbocycles. The van der Waals surface area contributed by atoms with E-state index < -0.39 is 0 Å². The van der Waals surface area contributed by atoms with E-state index in [-0.39, 0.29) is 0 Å². The SMILES string of the molecule is Cc1nnc2ccc(N3CCN(Cc4ccc(-c5ccccc5Cl)s4)CC3)nn12. The van der Waals surface area contributed by atoms with Crippen LogP contribution in [0.15, 0.2) is 48.5 Å². The molecule has 0 aliphatic carbocycles. The molecule has 1 saturated heterocycles. The highest BCUT2D eigenvalue weighted by Gasteiger charge is 2.20. The third-order valence-electron chi connectivity index (χ3n) is 5.28. The van der Waals surface area contributed by atoms with Gasteiger partial charge in [-0.05, 0) is 37.3 Å². The Morgan fingerprint density at radius 3 is 2.62 bits per heavy atom. The van der Waals surface area contributed by atoms with Crippen molar-refractivity contribution in [2.45, 2.75) is 13.5 Å². The minimum absolute atomic E-state index is 0.789. The van der Waals surface area contributed by atoms with Gasteiger partial charge in [0.1, 0.15) is 5.82 Å². The van der Waals surface area contributed by atoms with E-state index in [9.17, 15) is 0 Å². The summed E-state index contributed by atoms with van der Waals surface area (Å²) in [6, 6.07) is 16.5. The number of aryl methyl sites for hydroxylation is 1. The molecule has 8 heteroatoms. The number of halogens is 1. The van der Waals surface area contributed by atoms with Gasteiger partial charge in [-0.2, -0.15) is 4.52 Å². The molecule has 148 valence electrons. The summed E-state index contributed by atoms with van der Waals surface area (Å²) in [5.74, 6) is 1.80. The van der Waals surface area contributed by atoms with Crippen molar-refractivity contribution in [2.24, 2.45) is 0 Å². The summed E-state index contributed by atoms with van der Waals surface area (Å²) in [4.78, 5) is 7.43. The summed E-state index contributed by atoms with van der Waals surface area (Å²) >= 11 is 8.17. The van der Waals surface area contributed by atoms with Crippen LogP contribution in [-0.4, -0.2) is 50.9 Å². The molecule has 4 heterocycles. The molecule has 3 aromatic heterocycles. The van der Waals surface area contributed by atoms with Crippen molar-refractivity contribution in [3.63, 3.8) is 0 Å². The van der Waals surface area contributed by atoms with Crippen molar-refractivity contribution in [2.75, 3.05) is 31.1 Å². The quantitative estimate of drug-likeness (QED) is 0.493. The van der Waals surface area contributed by atoms with Crippen LogP contribution < -0.4 is 4.90 Å². The van der Waals surface area contributed by atoms with Gasteiger partial charge in [0.25, 0.3) is 0 Å². The molecule has 1 aromatic carbocycles. The highest BCUT2D eigenvalue weighted by Crippen LogP contribution is 2.33. The first-order chi connectivity index (χ1) is 14.2. The average molecular weight is 425 g/mol. The first kappa shape index (κ1) is 18.5. The highest BCUT2D eigenvalue weighted by atomic mass is 35.5. The fraction of sp³-hybridized carbons (Fsp3) is 0.286. The van der Waals surface area contributed by atoms with Crippen LogP contribution in [0, 0.1) is 6.92 Å². The maximum Gasteiger partial charge on any atom is 0.178 e. The van der Waals surface area contributed by atoms with Gasteiger partial charge in [0.05, 0.1) is 0 Å². The van der Waals surface area contributed by atoms with Gasteiger partial charge in [-0.1, -0.05) is 29.8 Å². The van der Waals surface area contributed by atoms with Crippen LogP contribution in [0.5, 0.6) is 0 Å². The molecule has 0 amide bonds. The lowest BCUT2D eigenvalue weighted by Crippen LogP contribution is -2.46. The zero-order chi connectivity index (χ0) is 19.8. The molecule has 0 N–H and O–H groups in total. The number of aromatic nitrogens is 4. The highest BCUT2D eigenvalue weighted by molar-refractivity contribution is 7.15. The summed E-state index contributed by atoms with van der Waals surface area (Å²) in [6.07, 6.45) is 0. The summed E-state index contributed by atoms with van der Waals surface area (Å²) in [7, 11) is 0. The van der Waals surface area contributed by atoms with Gasteiger partial charge in [-0.25, -0.2) is 0 Å². The van der Waals surface area contributed by atoms with E-state index >= 15 is 0 Å². The molecule has 4 aromatic rings. The molecule has 0 spiro atoms. The van der Waals surface area contributed by atoms with Crippen LogP contribution in [0.25, 0.3) is 16.1 Å². The molecule has 6 nitrogen and oxygen atoms in total. The van der Waals surface area contributed by atoms with Gasteiger partial charge in [0.15, 0.2) is 11.5 Å². The van der Waals surface area contributed by atoms with Gasteiger partial charge >= 0.3 is 0 Å². The zero-order valence-corrected chi connectivity index (χ0v) is 17.7. The van der Waals surface area contributed by atoms with E-state index in [1.54, 1.807) is 0 Å². The Bertz CT molecular complexity index is 1150. The summed E-state index contributed by atoms with van der Waals surface area (Å²) < 4.78 is 1.81. The maximum absolute atomic E-state index is 6.35. The maximum atomic E-state index is 6.35. The van der Waals surface area contributed by atoms with Crippen LogP contribution in [0.1, 0.15) is 10.7 Å². The molecule has 5 rings (SSSR count). The number of piperazine rings is 1. The number of fused-ring (bicyclic) bond motifs is 1. The molecule has 0 bridgehead atoms. The first-order valence-electron chi connectivity index (χ1n) is 9.67. The Labute approximate surface area is 178 Å². The molecule has 0 atom stereocenters. The molecule has 1 aliphatic rings. The predicted molar refractivity (Wildman–Crippen MR) is 118 cm³/mol. The Morgan fingerprint density at radius 2 is 1.79 bits per heavy atom. The number of anilines is 1. The average Bonchev–Trinajstić information content (AvgIpc) is 3.36. The van der Waals surface area contributed by atoms with Gasteiger partial charge in [-0.15, -0.1) is 26.6 Å². The second-order valence-corrected chi connectivity index (χ2v) is 8.79. The van der Waals surface area contributed by atoms with E-state index in [2.05, 4.69) is 38.2 Å². The van der Waals surface area contributed by atoms with E-state index in [4.69, 9.17) is 16.7 Å². The van der Waals surface area contributed by atoms with E-state index in [1.165, 1.54) is 9.75 Å². The minimum atomic E-state index is 0.789. The van der Waals surface area contributed by atoms with Crippen molar-refractivity contribution >= 4 is 34.4 Å². The number of thiophene rings is 1. The van der Waals surface area contributed by atoms with Gasteiger partial charge in [0.2, 0.25) is 0 Å².